The molecule has 1 heterocycles. The lowest BCUT2D eigenvalue weighted by Gasteiger charge is -2.27. The van der Waals surface area contributed by atoms with Crippen molar-refractivity contribution in [1.29, 1.82) is 0 Å². The molecule has 1 amide bonds. The molecule has 0 aromatic carbocycles. The van der Waals surface area contributed by atoms with Crippen LogP contribution >= 0.6 is 0 Å². The lowest BCUT2D eigenvalue weighted by molar-refractivity contribution is -0.123. The summed E-state index contributed by atoms with van der Waals surface area (Å²) in [6.45, 7) is 2.44. The first-order valence-electron chi connectivity index (χ1n) is 5.70. The van der Waals surface area contributed by atoms with Crippen LogP contribution in [0.4, 0.5) is 5.69 Å². The van der Waals surface area contributed by atoms with E-state index in [1.165, 1.54) is 10.9 Å². The van der Waals surface area contributed by atoms with E-state index in [4.69, 9.17) is 5.73 Å². The second-order valence-electron chi connectivity index (χ2n) is 4.98. The Balaban J connectivity index is 2.37. The fraction of sp³-hybridized carbons (Fsp3) is 0.636. The number of nitrogens with one attached hydrogen (secondary N) is 1. The summed E-state index contributed by atoms with van der Waals surface area (Å²) >= 11 is 0. The van der Waals surface area contributed by atoms with Gasteiger partial charge in [0.15, 0.2) is 0 Å². The third-order valence-corrected chi connectivity index (χ3v) is 2.28. The van der Waals surface area contributed by atoms with E-state index in [0.717, 1.165) is 0 Å². The summed E-state index contributed by atoms with van der Waals surface area (Å²) < 4.78 is 1.45. The number of carbonyl (C=O) groups excluding carboxylic acids is 1. The van der Waals surface area contributed by atoms with Crippen LogP contribution in [0, 0.1) is 0 Å². The van der Waals surface area contributed by atoms with Crippen molar-refractivity contribution in [2.75, 3.05) is 32.9 Å². The molecule has 0 aliphatic heterocycles. The third-order valence-electron chi connectivity index (χ3n) is 2.28. The van der Waals surface area contributed by atoms with E-state index in [0.29, 0.717) is 12.2 Å². The molecule has 0 aliphatic rings. The molecule has 7 heteroatoms. The highest BCUT2D eigenvalue weighted by atomic mass is 16.3. The predicted octanol–water partition coefficient (Wildman–Crippen LogP) is -1.11. The molecule has 0 fully saturated rings. The standard InChI is InChI=1S/C11H21N5O2/c1-11(18,8-15(2)3)7-13-10(17)6-16-5-9(12)4-14-16/h4-5,18H,6-8,12H2,1-3H3,(H,13,17). The van der Waals surface area contributed by atoms with E-state index >= 15 is 0 Å². The average Bonchev–Trinajstić information content (AvgIpc) is 2.59. The minimum atomic E-state index is -0.956. The highest BCUT2D eigenvalue weighted by Crippen LogP contribution is 2.02. The lowest BCUT2D eigenvalue weighted by Crippen LogP contribution is -2.47. The SMILES string of the molecule is CN(C)CC(C)(O)CNC(=O)Cn1cc(N)cn1. The Kier molecular flexibility index (Phi) is 4.69. The molecule has 1 unspecified atom stereocenters. The largest absolute Gasteiger partial charge is 0.396 e. The first kappa shape index (κ1) is 14.5. The van der Waals surface area contributed by atoms with Crippen molar-refractivity contribution in [3.8, 4) is 0 Å². The maximum absolute atomic E-state index is 11.6. The number of hydrogen-bond acceptors (Lipinski definition) is 5. The van der Waals surface area contributed by atoms with Gasteiger partial charge in [-0.05, 0) is 21.0 Å². The minimum absolute atomic E-state index is 0.0925. The number of nitrogens with two attached hydrogens (primary N) is 1. The number of amides is 1. The number of anilines is 1. The quantitative estimate of drug-likeness (QED) is 0.599. The Labute approximate surface area is 107 Å². The summed E-state index contributed by atoms with van der Waals surface area (Å²) in [5, 5.41) is 16.6. The van der Waals surface area contributed by atoms with Gasteiger partial charge in [-0.15, -0.1) is 0 Å². The van der Waals surface area contributed by atoms with Crippen LogP contribution in [-0.4, -0.2) is 58.5 Å². The number of nitrogen functional groups attached to an aromatic ring is 1. The molecular formula is C11H21N5O2. The summed E-state index contributed by atoms with van der Waals surface area (Å²) in [7, 11) is 3.73. The van der Waals surface area contributed by atoms with E-state index < -0.39 is 5.60 Å². The summed E-state index contributed by atoms with van der Waals surface area (Å²) in [6.07, 6.45) is 3.06. The zero-order chi connectivity index (χ0) is 13.8. The summed E-state index contributed by atoms with van der Waals surface area (Å²) in [5.74, 6) is -0.211. The van der Waals surface area contributed by atoms with Gasteiger partial charge < -0.3 is 21.1 Å². The Morgan fingerprint density at radius 3 is 2.83 bits per heavy atom. The van der Waals surface area contributed by atoms with Crippen LogP contribution in [0.1, 0.15) is 6.92 Å². The van der Waals surface area contributed by atoms with Gasteiger partial charge in [0.05, 0.1) is 17.5 Å². The van der Waals surface area contributed by atoms with Gasteiger partial charge in [-0.1, -0.05) is 0 Å². The topological polar surface area (TPSA) is 96.4 Å². The molecule has 0 aliphatic carbocycles. The van der Waals surface area contributed by atoms with Crippen molar-refractivity contribution in [1.82, 2.24) is 20.0 Å². The fourth-order valence-corrected chi connectivity index (χ4v) is 1.70. The predicted molar refractivity (Wildman–Crippen MR) is 68.8 cm³/mol. The summed E-state index contributed by atoms with van der Waals surface area (Å²) in [5.41, 5.74) is 5.05. The molecule has 1 atom stereocenters. The molecule has 1 rings (SSSR count). The van der Waals surface area contributed by atoms with Crippen LogP contribution in [0.15, 0.2) is 12.4 Å². The maximum atomic E-state index is 11.6. The molecular weight excluding hydrogens is 234 g/mol. The molecule has 18 heavy (non-hydrogen) atoms. The average molecular weight is 255 g/mol. The highest BCUT2D eigenvalue weighted by molar-refractivity contribution is 5.75. The van der Waals surface area contributed by atoms with Crippen molar-refractivity contribution in [2.45, 2.75) is 19.1 Å². The van der Waals surface area contributed by atoms with Crippen LogP contribution < -0.4 is 11.1 Å². The van der Waals surface area contributed by atoms with Crippen LogP contribution in [0.2, 0.25) is 0 Å². The number of carbonyl (C=O) groups is 1. The van der Waals surface area contributed by atoms with Crippen molar-refractivity contribution in [3.05, 3.63) is 12.4 Å². The monoisotopic (exact) mass is 255 g/mol. The van der Waals surface area contributed by atoms with E-state index in [2.05, 4.69) is 10.4 Å². The van der Waals surface area contributed by atoms with Crippen LogP contribution in [0.25, 0.3) is 0 Å². The molecule has 1 aromatic rings. The molecule has 0 bridgehead atoms. The molecule has 0 saturated heterocycles. The molecule has 0 radical (unpaired) electrons. The zero-order valence-corrected chi connectivity index (χ0v) is 11.1. The van der Waals surface area contributed by atoms with Crippen LogP contribution in [0.3, 0.4) is 0 Å². The number of aromatic nitrogens is 2. The van der Waals surface area contributed by atoms with E-state index in [1.807, 2.05) is 19.0 Å². The second kappa shape index (κ2) is 5.83. The van der Waals surface area contributed by atoms with Crippen molar-refractivity contribution >= 4 is 11.6 Å². The van der Waals surface area contributed by atoms with Crippen LogP contribution in [0.5, 0.6) is 0 Å². The van der Waals surface area contributed by atoms with Gasteiger partial charge in [-0.2, -0.15) is 5.10 Å². The minimum Gasteiger partial charge on any atom is -0.396 e. The molecule has 1 aromatic heterocycles. The van der Waals surface area contributed by atoms with Gasteiger partial charge in [0.2, 0.25) is 5.91 Å². The van der Waals surface area contributed by atoms with Gasteiger partial charge in [-0.3, -0.25) is 9.48 Å². The Bertz CT molecular complexity index is 400. The fourth-order valence-electron chi connectivity index (χ4n) is 1.70. The van der Waals surface area contributed by atoms with Gasteiger partial charge in [0.25, 0.3) is 0 Å². The van der Waals surface area contributed by atoms with Gasteiger partial charge in [0, 0.05) is 19.3 Å². The van der Waals surface area contributed by atoms with Gasteiger partial charge in [0.1, 0.15) is 6.54 Å². The number of aliphatic hydroxyl groups is 1. The molecule has 0 spiro atoms. The van der Waals surface area contributed by atoms with Gasteiger partial charge in [-0.25, -0.2) is 0 Å². The zero-order valence-electron chi connectivity index (χ0n) is 11.1. The summed E-state index contributed by atoms with van der Waals surface area (Å²) in [6, 6.07) is 0. The Morgan fingerprint density at radius 1 is 1.67 bits per heavy atom. The number of likely N-dealkylation sites (N-methyl/N-ethyl adjacent to an activating group) is 1. The molecule has 102 valence electrons. The molecule has 4 N–H and O–H groups in total. The summed E-state index contributed by atoms with van der Waals surface area (Å²) in [4.78, 5) is 13.5. The van der Waals surface area contributed by atoms with Crippen molar-refractivity contribution in [3.63, 3.8) is 0 Å². The van der Waals surface area contributed by atoms with E-state index in [9.17, 15) is 9.90 Å². The van der Waals surface area contributed by atoms with E-state index in [-0.39, 0.29) is 19.0 Å². The number of rotatable bonds is 6. The lowest BCUT2D eigenvalue weighted by atomic mass is 10.1. The molecule has 0 saturated carbocycles. The highest BCUT2D eigenvalue weighted by Gasteiger charge is 2.22. The van der Waals surface area contributed by atoms with Gasteiger partial charge >= 0.3 is 0 Å². The van der Waals surface area contributed by atoms with Crippen LogP contribution in [-0.2, 0) is 11.3 Å². The first-order chi connectivity index (χ1) is 8.28. The number of nitrogens with zero attached hydrogens (tertiary/aromatic N) is 3. The maximum Gasteiger partial charge on any atom is 0.241 e. The van der Waals surface area contributed by atoms with E-state index in [1.54, 1.807) is 13.1 Å². The molecule has 7 nitrogen and oxygen atoms in total. The third kappa shape index (κ3) is 5.15. The van der Waals surface area contributed by atoms with Crippen molar-refractivity contribution in [2.24, 2.45) is 0 Å². The normalized spacial score (nSPS) is 14.5. The Morgan fingerprint density at radius 2 is 2.33 bits per heavy atom. The first-order valence-corrected chi connectivity index (χ1v) is 5.70. The Hall–Kier alpha value is -1.60. The smallest absolute Gasteiger partial charge is 0.241 e. The van der Waals surface area contributed by atoms with Crippen molar-refractivity contribution < 1.29 is 9.90 Å². The number of hydrogen-bond donors (Lipinski definition) is 3. The second-order valence-corrected chi connectivity index (χ2v) is 4.98.